The average molecular weight is 345 g/mol. The Morgan fingerprint density at radius 3 is 2.92 bits per heavy atom. The second-order valence-electron chi connectivity index (χ2n) is 5.42. The minimum Gasteiger partial charge on any atom is -0.461 e. The van der Waals surface area contributed by atoms with E-state index in [-0.39, 0.29) is 5.91 Å². The Morgan fingerprint density at radius 2 is 2.21 bits per heavy atom. The number of amides is 1. The number of nitrogens with zero attached hydrogens (tertiary/aromatic N) is 2. The molecule has 24 heavy (non-hydrogen) atoms. The molecule has 0 saturated carbocycles. The van der Waals surface area contributed by atoms with Gasteiger partial charge in [-0.05, 0) is 31.2 Å². The Labute approximate surface area is 144 Å². The smallest absolute Gasteiger partial charge is 0.266 e. The molecule has 6 nitrogen and oxygen atoms in total. The van der Waals surface area contributed by atoms with E-state index in [4.69, 9.17) is 9.15 Å². The molecular weight excluding hydrogens is 326 g/mol. The van der Waals surface area contributed by atoms with Crippen LogP contribution >= 0.6 is 11.3 Å². The monoisotopic (exact) mass is 345 g/mol. The van der Waals surface area contributed by atoms with Gasteiger partial charge in [0.2, 0.25) is 0 Å². The van der Waals surface area contributed by atoms with Crippen LogP contribution in [0.4, 0.5) is 5.82 Å². The molecule has 0 aliphatic rings. The minimum absolute atomic E-state index is 0.157. The van der Waals surface area contributed by atoms with Crippen molar-refractivity contribution < 1.29 is 13.9 Å². The Kier molecular flexibility index (Phi) is 4.82. The van der Waals surface area contributed by atoms with E-state index >= 15 is 0 Å². The van der Waals surface area contributed by atoms with Crippen molar-refractivity contribution in [2.45, 2.75) is 13.3 Å². The SMILES string of the molecule is COCCc1cc(NC(=O)c2ccc(-c3ccc(C)o3)s2)n(C)n1. The summed E-state index contributed by atoms with van der Waals surface area (Å²) in [5, 5.41) is 7.25. The molecule has 3 aromatic rings. The fourth-order valence-electron chi connectivity index (χ4n) is 2.31. The van der Waals surface area contributed by atoms with Crippen molar-refractivity contribution >= 4 is 23.1 Å². The summed E-state index contributed by atoms with van der Waals surface area (Å²) in [5.74, 6) is 2.13. The third-order valence-electron chi connectivity index (χ3n) is 3.55. The number of carbonyl (C=O) groups is 1. The predicted molar refractivity (Wildman–Crippen MR) is 93.5 cm³/mol. The molecule has 7 heteroatoms. The quantitative estimate of drug-likeness (QED) is 0.742. The van der Waals surface area contributed by atoms with Crippen LogP contribution in [0.2, 0.25) is 0 Å². The fraction of sp³-hybridized carbons (Fsp3) is 0.294. The number of anilines is 1. The van der Waals surface area contributed by atoms with Gasteiger partial charge in [-0.1, -0.05) is 0 Å². The molecule has 0 bridgehead atoms. The lowest BCUT2D eigenvalue weighted by Gasteiger charge is -2.02. The number of nitrogens with one attached hydrogen (secondary N) is 1. The molecular formula is C17H19N3O3S. The summed E-state index contributed by atoms with van der Waals surface area (Å²) in [6, 6.07) is 9.37. The Hall–Kier alpha value is -2.38. The molecule has 0 atom stereocenters. The number of methoxy groups -OCH3 is 1. The number of hydrogen-bond donors (Lipinski definition) is 1. The topological polar surface area (TPSA) is 69.3 Å². The van der Waals surface area contributed by atoms with E-state index in [2.05, 4.69) is 10.4 Å². The maximum atomic E-state index is 12.4. The molecule has 3 aromatic heterocycles. The van der Waals surface area contributed by atoms with E-state index in [1.165, 1.54) is 11.3 Å². The number of thiophene rings is 1. The first-order chi connectivity index (χ1) is 11.6. The summed E-state index contributed by atoms with van der Waals surface area (Å²) >= 11 is 1.40. The van der Waals surface area contributed by atoms with Crippen LogP contribution in [0, 0.1) is 6.92 Å². The molecule has 0 saturated heterocycles. The average Bonchev–Trinajstić information content (AvgIpc) is 3.26. The lowest BCUT2D eigenvalue weighted by Crippen LogP contribution is -2.13. The van der Waals surface area contributed by atoms with Crippen LogP contribution in [0.3, 0.4) is 0 Å². The van der Waals surface area contributed by atoms with Crippen molar-refractivity contribution in [2.24, 2.45) is 7.05 Å². The maximum absolute atomic E-state index is 12.4. The third kappa shape index (κ3) is 3.58. The van der Waals surface area contributed by atoms with Crippen molar-refractivity contribution in [1.82, 2.24) is 9.78 Å². The van der Waals surface area contributed by atoms with Gasteiger partial charge in [0.05, 0.1) is 22.1 Å². The zero-order chi connectivity index (χ0) is 17.1. The fourth-order valence-corrected chi connectivity index (χ4v) is 3.17. The predicted octanol–water partition coefficient (Wildman–Crippen LogP) is 3.49. The van der Waals surface area contributed by atoms with Crippen LogP contribution in [-0.2, 0) is 18.2 Å². The van der Waals surface area contributed by atoms with Gasteiger partial charge in [0.25, 0.3) is 5.91 Å². The lowest BCUT2D eigenvalue weighted by atomic mass is 10.3. The van der Waals surface area contributed by atoms with Gasteiger partial charge in [0.15, 0.2) is 0 Å². The molecule has 3 rings (SSSR count). The van der Waals surface area contributed by atoms with Crippen LogP contribution in [0.25, 0.3) is 10.6 Å². The number of rotatable bonds is 6. The molecule has 1 amide bonds. The van der Waals surface area contributed by atoms with Gasteiger partial charge in [0, 0.05) is 26.6 Å². The van der Waals surface area contributed by atoms with Gasteiger partial charge in [-0.2, -0.15) is 5.10 Å². The molecule has 0 aliphatic heterocycles. The normalized spacial score (nSPS) is 11.0. The molecule has 1 N–H and O–H groups in total. The number of aryl methyl sites for hydroxylation is 2. The number of aromatic nitrogens is 2. The molecule has 0 radical (unpaired) electrons. The zero-order valence-electron chi connectivity index (χ0n) is 13.8. The van der Waals surface area contributed by atoms with Gasteiger partial charge in [-0.3, -0.25) is 9.48 Å². The highest BCUT2D eigenvalue weighted by Gasteiger charge is 2.14. The van der Waals surface area contributed by atoms with Gasteiger partial charge >= 0.3 is 0 Å². The summed E-state index contributed by atoms with van der Waals surface area (Å²) in [5.41, 5.74) is 0.882. The Balaban J connectivity index is 1.71. The molecule has 0 aromatic carbocycles. The molecule has 126 valence electrons. The molecule has 0 unspecified atom stereocenters. The highest BCUT2D eigenvalue weighted by Crippen LogP contribution is 2.30. The lowest BCUT2D eigenvalue weighted by molar-refractivity contribution is 0.102. The van der Waals surface area contributed by atoms with Crippen molar-refractivity contribution in [1.29, 1.82) is 0 Å². The highest BCUT2D eigenvalue weighted by molar-refractivity contribution is 7.17. The van der Waals surface area contributed by atoms with Gasteiger partial charge in [-0.25, -0.2) is 0 Å². The van der Waals surface area contributed by atoms with Crippen LogP contribution in [0.15, 0.2) is 34.7 Å². The first kappa shape index (κ1) is 16.5. The van der Waals surface area contributed by atoms with Crippen LogP contribution in [-0.4, -0.2) is 29.4 Å². The molecule has 0 spiro atoms. The van der Waals surface area contributed by atoms with E-state index in [0.29, 0.717) is 23.7 Å². The number of hydrogen-bond acceptors (Lipinski definition) is 5. The molecule has 3 heterocycles. The largest absolute Gasteiger partial charge is 0.461 e. The number of furan rings is 1. The van der Waals surface area contributed by atoms with E-state index in [1.54, 1.807) is 24.9 Å². The van der Waals surface area contributed by atoms with E-state index in [1.807, 2.05) is 31.2 Å². The van der Waals surface area contributed by atoms with Crippen LogP contribution < -0.4 is 5.32 Å². The van der Waals surface area contributed by atoms with Gasteiger partial charge < -0.3 is 14.5 Å². The van der Waals surface area contributed by atoms with Crippen molar-refractivity contribution in [3.8, 4) is 10.6 Å². The second kappa shape index (κ2) is 7.02. The van der Waals surface area contributed by atoms with Crippen molar-refractivity contribution in [3.05, 3.63) is 46.7 Å². The Bertz CT molecular complexity index is 847. The van der Waals surface area contributed by atoms with Crippen molar-refractivity contribution in [3.63, 3.8) is 0 Å². The third-order valence-corrected chi connectivity index (χ3v) is 4.65. The second-order valence-corrected chi connectivity index (χ2v) is 6.50. The summed E-state index contributed by atoms with van der Waals surface area (Å²) in [6.45, 7) is 2.50. The standard InChI is InChI=1S/C17H19N3O3S/c1-11-4-5-13(23-11)14-6-7-15(24-14)17(21)18-16-10-12(8-9-22-3)19-20(16)2/h4-7,10H,8-9H2,1-3H3,(H,18,21). The minimum atomic E-state index is -0.157. The van der Waals surface area contributed by atoms with E-state index in [0.717, 1.165) is 22.1 Å². The first-order valence-electron chi connectivity index (χ1n) is 7.56. The van der Waals surface area contributed by atoms with Gasteiger partial charge in [-0.15, -0.1) is 11.3 Å². The van der Waals surface area contributed by atoms with Crippen LogP contribution in [0.5, 0.6) is 0 Å². The summed E-state index contributed by atoms with van der Waals surface area (Å²) in [4.78, 5) is 14.0. The van der Waals surface area contributed by atoms with E-state index in [9.17, 15) is 4.79 Å². The molecule has 0 aliphatic carbocycles. The Morgan fingerprint density at radius 1 is 1.38 bits per heavy atom. The zero-order valence-corrected chi connectivity index (χ0v) is 14.6. The number of ether oxygens (including phenoxy) is 1. The van der Waals surface area contributed by atoms with Crippen molar-refractivity contribution in [2.75, 3.05) is 19.0 Å². The summed E-state index contributed by atoms with van der Waals surface area (Å²) < 4.78 is 12.3. The first-order valence-corrected chi connectivity index (χ1v) is 8.38. The van der Waals surface area contributed by atoms with Gasteiger partial charge in [0.1, 0.15) is 17.3 Å². The summed E-state index contributed by atoms with van der Waals surface area (Å²) in [6.07, 6.45) is 0.710. The molecule has 0 fully saturated rings. The maximum Gasteiger partial charge on any atom is 0.266 e. The number of carbonyl (C=O) groups excluding carboxylic acids is 1. The van der Waals surface area contributed by atoms with E-state index < -0.39 is 0 Å². The summed E-state index contributed by atoms with van der Waals surface area (Å²) in [7, 11) is 3.46. The highest BCUT2D eigenvalue weighted by atomic mass is 32.1. The van der Waals surface area contributed by atoms with Crippen LogP contribution in [0.1, 0.15) is 21.1 Å².